The summed E-state index contributed by atoms with van der Waals surface area (Å²) < 4.78 is 13.9. The zero-order chi connectivity index (χ0) is 47.8. The first-order chi connectivity index (χ1) is 34.3. The van der Waals surface area contributed by atoms with Crippen LogP contribution in [0.5, 0.6) is 28.7 Å². The lowest BCUT2D eigenvalue weighted by Gasteiger charge is -2.36. The van der Waals surface area contributed by atoms with Crippen LogP contribution in [0.1, 0.15) is 37.0 Å². The number of rotatable bonds is 7. The van der Waals surface area contributed by atoms with Crippen LogP contribution in [0.25, 0.3) is 93.6 Å². The Balaban J connectivity index is 1.26. The molecule has 70 heavy (non-hydrogen) atoms. The van der Waals surface area contributed by atoms with Crippen molar-refractivity contribution in [2.24, 2.45) is 0 Å². The molecule has 0 amide bonds. The Kier molecular flexibility index (Phi) is 9.82. The average molecular weight is 916 g/mol. The van der Waals surface area contributed by atoms with Gasteiger partial charge in [0.25, 0.3) is 0 Å². The minimum atomic E-state index is -1.16. The van der Waals surface area contributed by atoms with Crippen molar-refractivity contribution in [2.45, 2.75) is 25.7 Å². The number of phenols is 5. The van der Waals surface area contributed by atoms with Crippen molar-refractivity contribution in [3.05, 3.63) is 216 Å². The van der Waals surface area contributed by atoms with E-state index < -0.39 is 22.7 Å². The predicted molar refractivity (Wildman–Crippen MR) is 280 cm³/mol. The Morgan fingerprint density at radius 2 is 1.10 bits per heavy atom. The van der Waals surface area contributed by atoms with Crippen molar-refractivity contribution < 1.29 is 34.7 Å². The van der Waals surface area contributed by atoms with Crippen LogP contribution >= 0.6 is 0 Å². The molecule has 0 saturated carbocycles. The van der Waals surface area contributed by atoms with Crippen LogP contribution in [0.2, 0.25) is 0 Å². The second-order valence-corrected chi connectivity index (χ2v) is 17.7. The van der Waals surface area contributed by atoms with Crippen LogP contribution in [-0.2, 0) is 5.41 Å². The zero-order valence-corrected chi connectivity index (χ0v) is 38.2. The maximum Gasteiger partial charge on any atom is 0.248 e. The molecule has 0 spiro atoms. The highest BCUT2D eigenvalue weighted by Gasteiger charge is 2.51. The van der Waals surface area contributed by atoms with Gasteiger partial charge in [-0.2, -0.15) is 0 Å². The highest BCUT2D eigenvalue weighted by molar-refractivity contribution is 6.16. The largest absolute Gasteiger partial charge is 0.505 e. The summed E-state index contributed by atoms with van der Waals surface area (Å²) >= 11 is 0. The van der Waals surface area contributed by atoms with Crippen LogP contribution in [0, 0.1) is 0 Å². The van der Waals surface area contributed by atoms with E-state index in [4.69, 9.17) is 9.15 Å². The van der Waals surface area contributed by atoms with Crippen LogP contribution in [-0.4, -0.2) is 30.1 Å². The molecule has 5 N–H and O–H groups in total. The Bertz CT molecular complexity index is 4050. The number of hydrogen-bond donors (Lipinski definition) is 5. The molecule has 1 aliphatic carbocycles. The number of nitrogens with zero attached hydrogens (tertiary/aromatic N) is 1. The average Bonchev–Trinajstić information content (AvgIpc) is 3.59. The quantitative estimate of drug-likeness (QED) is 0.0354. The number of aromatic hydroxyl groups is 5. The first kappa shape index (κ1) is 42.2. The summed E-state index contributed by atoms with van der Waals surface area (Å²) in [4.78, 5) is 0. The maximum atomic E-state index is 13.6. The summed E-state index contributed by atoms with van der Waals surface area (Å²) in [5.74, 6) is -2.49. The molecule has 0 radical (unpaired) electrons. The number of phenolic OH excluding ortho intramolecular Hbond substituents is 5. The number of allylic oxidation sites excluding steroid dienone is 4. The summed E-state index contributed by atoms with van der Waals surface area (Å²) in [6.45, 7) is 4.01. The van der Waals surface area contributed by atoms with E-state index in [1.807, 2.05) is 171 Å². The fourth-order valence-electron chi connectivity index (χ4n) is 11.2. The van der Waals surface area contributed by atoms with Gasteiger partial charge in [0.05, 0.1) is 11.0 Å². The third-order valence-corrected chi connectivity index (χ3v) is 14.2. The summed E-state index contributed by atoms with van der Waals surface area (Å²) in [6.07, 6.45) is 6.54. The first-order valence-electron chi connectivity index (χ1n) is 23.3. The van der Waals surface area contributed by atoms with Gasteiger partial charge in [-0.15, -0.1) is 0 Å². The van der Waals surface area contributed by atoms with Crippen LogP contribution in [0.4, 0.5) is 0 Å². The monoisotopic (exact) mass is 915 g/mol. The van der Waals surface area contributed by atoms with E-state index >= 15 is 0 Å². The molecule has 8 heteroatoms. The standard InChI is InChI=1S/C62H45NO7/c1-3-5-21-39(4-2)62(40-22-7-6-8-23-40)49-30-16-15-28-47(49)50-52(62)58(67)53-60(56(50)65)69-70-61-54(63(53)41-33-31-37(32-34-41)43-29-17-20-36-18-9-11-24-42(36)43)59(68)55(64)51(57(61)66)48-35-38-19-10-12-25-44(38)45-26-13-14-27-46(45)48/h3,5-35,64-68H,4H2,1-2H3/b5-3-,39-21+. The molecule has 10 aromatic carbocycles. The molecule has 11 aromatic rings. The molecule has 0 aliphatic heterocycles. The van der Waals surface area contributed by atoms with Crippen molar-refractivity contribution in [1.82, 2.24) is 4.57 Å². The molecule has 1 heterocycles. The van der Waals surface area contributed by atoms with E-state index in [1.165, 1.54) is 4.57 Å². The van der Waals surface area contributed by atoms with Crippen LogP contribution < -0.4 is 0 Å². The summed E-state index contributed by atoms with van der Waals surface area (Å²) in [7, 11) is 0. The highest BCUT2D eigenvalue weighted by Crippen LogP contribution is 2.64. The van der Waals surface area contributed by atoms with Crippen molar-refractivity contribution in [1.29, 1.82) is 0 Å². The normalized spacial score (nSPS) is 14.6. The Hall–Kier alpha value is -9.14. The summed E-state index contributed by atoms with van der Waals surface area (Å²) in [6, 6.07) is 56.7. The lowest BCUT2D eigenvalue weighted by atomic mass is 9.66. The van der Waals surface area contributed by atoms with Gasteiger partial charge in [0, 0.05) is 16.8 Å². The van der Waals surface area contributed by atoms with E-state index in [2.05, 4.69) is 37.3 Å². The van der Waals surface area contributed by atoms with Gasteiger partial charge in [0.15, 0.2) is 23.0 Å². The van der Waals surface area contributed by atoms with Crippen LogP contribution in [0.3, 0.4) is 0 Å². The van der Waals surface area contributed by atoms with E-state index in [9.17, 15) is 25.5 Å². The second kappa shape index (κ2) is 16.3. The SMILES string of the molecule is C/C=C\C=C(/CC)C1(c2ccccc2)c2ccccc2-c2c1c(O)c1c(ooc3c(O)c(-c4cc5ccccc5c5ccccc45)c(O)c(O)c3n1-c1ccc(-c3cccc4ccccc34)cc1)c2O. The molecule has 0 fully saturated rings. The zero-order valence-electron chi connectivity index (χ0n) is 38.2. The molecule has 1 atom stereocenters. The Morgan fingerprint density at radius 1 is 0.514 bits per heavy atom. The lowest BCUT2D eigenvalue weighted by molar-refractivity contribution is 0.0877. The van der Waals surface area contributed by atoms with E-state index in [0.717, 1.165) is 54.8 Å². The summed E-state index contributed by atoms with van der Waals surface area (Å²) in [5.41, 5.74) is 4.40. The number of benzene rings is 10. The Labute approximate surface area is 402 Å². The molecular formula is C62H45NO7. The molecule has 0 bridgehead atoms. The van der Waals surface area contributed by atoms with Gasteiger partial charge in [-0.05, 0) is 97.2 Å². The van der Waals surface area contributed by atoms with Gasteiger partial charge in [-0.1, -0.05) is 188 Å². The number of hydrogen-bond acceptors (Lipinski definition) is 7. The van der Waals surface area contributed by atoms with Gasteiger partial charge < -0.3 is 25.5 Å². The van der Waals surface area contributed by atoms with Gasteiger partial charge in [-0.3, -0.25) is 13.7 Å². The van der Waals surface area contributed by atoms with E-state index in [1.54, 1.807) is 0 Å². The smallest absolute Gasteiger partial charge is 0.248 e. The molecule has 0 saturated heterocycles. The van der Waals surface area contributed by atoms with E-state index in [-0.39, 0.29) is 39.3 Å². The molecular weight excluding hydrogens is 871 g/mol. The molecule has 1 aromatic heterocycles. The third-order valence-electron chi connectivity index (χ3n) is 14.2. The van der Waals surface area contributed by atoms with Crippen molar-refractivity contribution >= 4 is 54.5 Å². The maximum absolute atomic E-state index is 13.6. The second-order valence-electron chi connectivity index (χ2n) is 17.7. The number of fused-ring (bicyclic) bond motifs is 9. The topological polar surface area (TPSA) is 132 Å². The first-order valence-corrected chi connectivity index (χ1v) is 23.3. The molecule has 1 aliphatic rings. The molecule has 8 nitrogen and oxygen atoms in total. The lowest BCUT2D eigenvalue weighted by Crippen LogP contribution is -2.29. The van der Waals surface area contributed by atoms with Crippen molar-refractivity contribution in [3.63, 3.8) is 0 Å². The Morgan fingerprint density at radius 3 is 1.83 bits per heavy atom. The highest BCUT2D eigenvalue weighted by atomic mass is 17.0. The van der Waals surface area contributed by atoms with Crippen molar-refractivity contribution in [2.75, 3.05) is 0 Å². The van der Waals surface area contributed by atoms with Gasteiger partial charge in [0.1, 0.15) is 16.8 Å². The molecule has 340 valence electrons. The van der Waals surface area contributed by atoms with E-state index in [0.29, 0.717) is 39.7 Å². The third kappa shape index (κ3) is 5.96. The van der Waals surface area contributed by atoms with Crippen molar-refractivity contribution in [3.8, 4) is 67.8 Å². The van der Waals surface area contributed by atoms with Gasteiger partial charge >= 0.3 is 0 Å². The fraction of sp³-hybridized carbons (Fsp3) is 0.0645. The summed E-state index contributed by atoms with van der Waals surface area (Å²) in [5, 5.41) is 70.0. The van der Waals surface area contributed by atoms with Gasteiger partial charge in [0.2, 0.25) is 11.2 Å². The number of aromatic nitrogens is 1. The minimum Gasteiger partial charge on any atom is -0.505 e. The van der Waals surface area contributed by atoms with Gasteiger partial charge in [-0.25, -0.2) is 0 Å². The molecule has 12 rings (SSSR count). The predicted octanol–water partition coefficient (Wildman–Crippen LogP) is 15.6. The van der Waals surface area contributed by atoms with Crippen LogP contribution in [0.15, 0.2) is 209 Å². The fourth-order valence-corrected chi connectivity index (χ4v) is 11.2. The molecule has 1 unspecified atom stereocenters. The minimum absolute atomic E-state index is 0.0967.